The van der Waals surface area contributed by atoms with Gasteiger partial charge in [0.05, 0.1) is 6.61 Å². The van der Waals surface area contributed by atoms with E-state index in [1.165, 1.54) is 18.9 Å². The fourth-order valence-corrected chi connectivity index (χ4v) is 1.68. The lowest BCUT2D eigenvalue weighted by molar-refractivity contribution is 0.0629. The van der Waals surface area contributed by atoms with Gasteiger partial charge in [-0.15, -0.1) is 0 Å². The first-order valence-corrected chi connectivity index (χ1v) is 6.10. The summed E-state index contributed by atoms with van der Waals surface area (Å²) in [5.74, 6) is 0.632. The minimum Gasteiger partial charge on any atom is -0.360 e. The molecule has 0 bridgehead atoms. The predicted molar refractivity (Wildman–Crippen MR) is 63.9 cm³/mol. The molecule has 5 nitrogen and oxygen atoms in total. The number of ether oxygens (including phenoxy) is 1. The maximum atomic E-state index is 11.9. The second-order valence-electron chi connectivity index (χ2n) is 4.50. The van der Waals surface area contributed by atoms with Crippen molar-refractivity contribution >= 4 is 0 Å². The SMILES string of the molecule is CCCn1ccc(=O)n(COCC2CC2)c1=O. The van der Waals surface area contributed by atoms with Crippen molar-refractivity contribution in [1.82, 2.24) is 9.13 Å². The van der Waals surface area contributed by atoms with Crippen LogP contribution in [0.3, 0.4) is 0 Å². The molecule has 1 fully saturated rings. The van der Waals surface area contributed by atoms with Crippen molar-refractivity contribution in [2.75, 3.05) is 6.61 Å². The highest BCUT2D eigenvalue weighted by molar-refractivity contribution is 4.85. The van der Waals surface area contributed by atoms with E-state index in [0.717, 1.165) is 11.0 Å². The van der Waals surface area contributed by atoms with E-state index in [4.69, 9.17) is 4.74 Å². The first-order chi connectivity index (χ1) is 8.22. The Bertz CT molecular complexity index is 485. The van der Waals surface area contributed by atoms with Gasteiger partial charge < -0.3 is 9.30 Å². The van der Waals surface area contributed by atoms with Crippen molar-refractivity contribution in [3.8, 4) is 0 Å². The molecule has 1 aromatic heterocycles. The fourth-order valence-electron chi connectivity index (χ4n) is 1.68. The Kier molecular flexibility index (Phi) is 3.78. The summed E-state index contributed by atoms with van der Waals surface area (Å²) in [4.78, 5) is 23.5. The summed E-state index contributed by atoms with van der Waals surface area (Å²) >= 11 is 0. The Labute approximate surface area is 99.6 Å². The number of aromatic nitrogens is 2. The summed E-state index contributed by atoms with van der Waals surface area (Å²) in [6.45, 7) is 3.33. The Hall–Kier alpha value is -1.36. The molecule has 0 unspecified atom stereocenters. The molecule has 0 atom stereocenters. The molecule has 0 radical (unpaired) electrons. The first kappa shape index (κ1) is 12.1. The zero-order valence-corrected chi connectivity index (χ0v) is 10.1. The molecule has 0 saturated heterocycles. The van der Waals surface area contributed by atoms with Crippen LogP contribution in [0.1, 0.15) is 26.2 Å². The number of hydrogen-bond donors (Lipinski definition) is 0. The van der Waals surface area contributed by atoms with Crippen molar-refractivity contribution in [2.45, 2.75) is 39.5 Å². The van der Waals surface area contributed by atoms with Gasteiger partial charge in [-0.25, -0.2) is 9.36 Å². The molecule has 1 aromatic rings. The van der Waals surface area contributed by atoms with Crippen LogP contribution in [0.2, 0.25) is 0 Å². The summed E-state index contributed by atoms with van der Waals surface area (Å²) < 4.78 is 8.08. The van der Waals surface area contributed by atoms with E-state index in [1.807, 2.05) is 6.92 Å². The first-order valence-electron chi connectivity index (χ1n) is 6.10. The highest BCUT2D eigenvalue weighted by Gasteiger charge is 2.21. The van der Waals surface area contributed by atoms with Gasteiger partial charge in [-0.2, -0.15) is 0 Å². The van der Waals surface area contributed by atoms with Crippen LogP contribution in [0, 0.1) is 5.92 Å². The van der Waals surface area contributed by atoms with Gasteiger partial charge in [-0.05, 0) is 25.2 Å². The lowest BCUT2D eigenvalue weighted by Crippen LogP contribution is -2.39. The summed E-state index contributed by atoms with van der Waals surface area (Å²) in [7, 11) is 0. The van der Waals surface area contributed by atoms with Gasteiger partial charge in [-0.3, -0.25) is 4.79 Å². The molecule has 1 saturated carbocycles. The van der Waals surface area contributed by atoms with Gasteiger partial charge in [0.15, 0.2) is 0 Å². The van der Waals surface area contributed by atoms with Crippen LogP contribution in [0.4, 0.5) is 0 Å². The average molecular weight is 238 g/mol. The average Bonchev–Trinajstić information content (AvgIpc) is 3.11. The summed E-state index contributed by atoms with van der Waals surface area (Å²) in [6.07, 6.45) is 4.81. The van der Waals surface area contributed by atoms with Crippen LogP contribution in [-0.2, 0) is 18.0 Å². The zero-order chi connectivity index (χ0) is 12.3. The largest absolute Gasteiger partial charge is 0.360 e. The smallest absolute Gasteiger partial charge is 0.332 e. The van der Waals surface area contributed by atoms with Crippen molar-refractivity contribution in [2.24, 2.45) is 5.92 Å². The zero-order valence-electron chi connectivity index (χ0n) is 10.1. The molecule has 0 spiro atoms. The second-order valence-corrected chi connectivity index (χ2v) is 4.50. The van der Waals surface area contributed by atoms with E-state index in [0.29, 0.717) is 19.1 Å². The molecule has 1 heterocycles. The van der Waals surface area contributed by atoms with Crippen LogP contribution in [0.25, 0.3) is 0 Å². The van der Waals surface area contributed by atoms with Crippen LogP contribution in [-0.4, -0.2) is 15.7 Å². The van der Waals surface area contributed by atoms with Crippen molar-refractivity contribution in [1.29, 1.82) is 0 Å². The Morgan fingerprint density at radius 3 is 2.82 bits per heavy atom. The van der Waals surface area contributed by atoms with Crippen LogP contribution in [0.5, 0.6) is 0 Å². The molecule has 1 aliphatic carbocycles. The fraction of sp³-hybridized carbons (Fsp3) is 0.667. The second kappa shape index (κ2) is 5.31. The molecule has 0 aromatic carbocycles. The Morgan fingerprint density at radius 2 is 2.18 bits per heavy atom. The maximum absolute atomic E-state index is 11.9. The highest BCUT2D eigenvalue weighted by Crippen LogP contribution is 2.28. The minimum atomic E-state index is -0.293. The maximum Gasteiger partial charge on any atom is 0.332 e. The van der Waals surface area contributed by atoms with E-state index >= 15 is 0 Å². The van der Waals surface area contributed by atoms with Crippen molar-refractivity contribution < 1.29 is 4.74 Å². The van der Waals surface area contributed by atoms with E-state index in [9.17, 15) is 9.59 Å². The molecule has 1 aliphatic rings. The Morgan fingerprint density at radius 1 is 1.41 bits per heavy atom. The topological polar surface area (TPSA) is 53.2 Å². The van der Waals surface area contributed by atoms with E-state index in [2.05, 4.69) is 0 Å². The normalized spacial score (nSPS) is 15.1. The standard InChI is InChI=1S/C12H18N2O3/c1-2-6-13-7-5-11(15)14(12(13)16)9-17-8-10-3-4-10/h5,7,10H,2-4,6,8-9H2,1H3. The molecule has 0 N–H and O–H groups in total. The van der Waals surface area contributed by atoms with Crippen LogP contribution < -0.4 is 11.2 Å². The lowest BCUT2D eigenvalue weighted by atomic mass is 10.4. The monoisotopic (exact) mass is 238 g/mol. The van der Waals surface area contributed by atoms with Gasteiger partial charge in [0.2, 0.25) is 0 Å². The summed E-state index contributed by atoms with van der Waals surface area (Å²) in [6, 6.07) is 1.41. The van der Waals surface area contributed by atoms with E-state index in [-0.39, 0.29) is 18.0 Å². The number of hydrogen-bond acceptors (Lipinski definition) is 3. The number of rotatable bonds is 6. The van der Waals surface area contributed by atoms with Gasteiger partial charge >= 0.3 is 5.69 Å². The third kappa shape index (κ3) is 3.06. The lowest BCUT2D eigenvalue weighted by Gasteiger charge is -2.09. The number of aryl methyl sites for hydroxylation is 1. The van der Waals surface area contributed by atoms with Crippen LogP contribution >= 0.6 is 0 Å². The molecule has 0 aliphatic heterocycles. The quantitative estimate of drug-likeness (QED) is 0.736. The minimum absolute atomic E-state index is 0.0682. The predicted octanol–water partition coefficient (Wildman–Crippen LogP) is 0.804. The van der Waals surface area contributed by atoms with Gasteiger partial charge in [0, 0.05) is 18.8 Å². The van der Waals surface area contributed by atoms with Gasteiger partial charge in [0.25, 0.3) is 5.56 Å². The molecule has 5 heteroatoms. The summed E-state index contributed by atoms with van der Waals surface area (Å²) in [5.41, 5.74) is -0.576. The van der Waals surface area contributed by atoms with Crippen molar-refractivity contribution in [3.63, 3.8) is 0 Å². The molecular formula is C12H18N2O3. The molecule has 0 amide bonds. The van der Waals surface area contributed by atoms with E-state index < -0.39 is 0 Å². The molecular weight excluding hydrogens is 220 g/mol. The Balaban J connectivity index is 2.09. The van der Waals surface area contributed by atoms with Gasteiger partial charge in [0.1, 0.15) is 6.73 Å². The van der Waals surface area contributed by atoms with Gasteiger partial charge in [-0.1, -0.05) is 6.92 Å². The van der Waals surface area contributed by atoms with Crippen LogP contribution in [0.15, 0.2) is 21.9 Å². The third-order valence-electron chi connectivity index (χ3n) is 2.88. The third-order valence-corrected chi connectivity index (χ3v) is 2.88. The molecule has 17 heavy (non-hydrogen) atoms. The van der Waals surface area contributed by atoms with E-state index in [1.54, 1.807) is 10.8 Å². The van der Waals surface area contributed by atoms with Crippen molar-refractivity contribution in [3.05, 3.63) is 33.1 Å². The molecule has 2 rings (SSSR count). The number of nitrogens with zero attached hydrogens (tertiary/aromatic N) is 2. The highest BCUT2D eigenvalue weighted by atomic mass is 16.5. The summed E-state index contributed by atoms with van der Waals surface area (Å²) in [5, 5.41) is 0. The molecule has 94 valence electrons.